The average Bonchev–Trinajstić information content (AvgIpc) is 2.47. The molecule has 3 aliphatic rings. The third-order valence-corrected chi connectivity index (χ3v) is 6.47. The molecule has 2 aliphatic carbocycles. The Morgan fingerprint density at radius 2 is 1.31 bits per heavy atom. The Morgan fingerprint density at radius 3 is 1.83 bits per heavy atom. The Hall–Kier alpha value is -0.200. The third-order valence-electron chi connectivity index (χ3n) is 6.47. The van der Waals surface area contributed by atoms with Crippen LogP contribution in [0.4, 0.5) is 0 Å². The number of likely N-dealkylation sites (tertiary alicyclic amines) is 1. The van der Waals surface area contributed by atoms with Crippen molar-refractivity contribution in [1.29, 1.82) is 0 Å². The summed E-state index contributed by atoms with van der Waals surface area (Å²) in [6.07, 6.45) is 7.78. The molecular weight excluding hydrogens is 366 g/mol. The molecule has 1 aliphatic heterocycles. The zero-order valence-corrected chi connectivity index (χ0v) is 19.8. The van der Waals surface area contributed by atoms with Gasteiger partial charge in [-0.15, -0.1) is 0 Å². The minimum atomic E-state index is -0.0437. The number of hydrogen-bond acceptors (Lipinski definition) is 5. The average molecular weight is 412 g/mol. The second kappa shape index (κ2) is 9.52. The second-order valence-corrected chi connectivity index (χ2v) is 11.6. The van der Waals surface area contributed by atoms with Gasteiger partial charge in [0, 0.05) is 50.5 Å². The lowest BCUT2D eigenvalue weighted by Gasteiger charge is -2.62. The molecule has 5 nitrogen and oxygen atoms in total. The molecular formula is C24H45NO4. The molecule has 3 rings (SSSR count). The maximum absolute atomic E-state index is 6.02. The van der Waals surface area contributed by atoms with E-state index in [9.17, 15) is 0 Å². The number of rotatable bonds is 11. The molecule has 170 valence electrons. The summed E-state index contributed by atoms with van der Waals surface area (Å²) < 4.78 is 23.6. The smallest absolute Gasteiger partial charge is 0.0631 e. The Kier molecular flexibility index (Phi) is 7.70. The maximum Gasteiger partial charge on any atom is 0.0631 e. The molecule has 1 spiro atoms. The highest BCUT2D eigenvalue weighted by Crippen LogP contribution is 2.51. The Balaban J connectivity index is 1.06. The molecule has 29 heavy (non-hydrogen) atoms. The summed E-state index contributed by atoms with van der Waals surface area (Å²) in [4.78, 5) is 2.59. The molecule has 5 heteroatoms. The number of hydrogen-bond donors (Lipinski definition) is 0. The van der Waals surface area contributed by atoms with Crippen molar-refractivity contribution >= 4 is 0 Å². The van der Waals surface area contributed by atoms with E-state index in [1.807, 2.05) is 0 Å². The molecule has 0 unspecified atom stereocenters. The SMILES string of the molecule is CC(C)(C)OC1CC(OCCCOCCCOC2CC3(C2)CN(C(C)(C)C)C3)C1. The van der Waals surface area contributed by atoms with Gasteiger partial charge in [-0.2, -0.15) is 0 Å². The molecule has 1 saturated heterocycles. The van der Waals surface area contributed by atoms with Crippen LogP contribution in [0.1, 0.15) is 80.1 Å². The van der Waals surface area contributed by atoms with Crippen LogP contribution >= 0.6 is 0 Å². The fraction of sp³-hybridized carbons (Fsp3) is 1.00. The molecule has 1 heterocycles. The van der Waals surface area contributed by atoms with Crippen molar-refractivity contribution in [3.63, 3.8) is 0 Å². The van der Waals surface area contributed by atoms with Crippen LogP contribution in [0.5, 0.6) is 0 Å². The van der Waals surface area contributed by atoms with Crippen molar-refractivity contribution in [2.24, 2.45) is 5.41 Å². The Bertz CT molecular complexity index is 490. The lowest BCUT2D eigenvalue weighted by atomic mass is 9.61. The zero-order valence-electron chi connectivity index (χ0n) is 19.8. The molecule has 2 saturated carbocycles. The van der Waals surface area contributed by atoms with Crippen LogP contribution in [0.15, 0.2) is 0 Å². The van der Waals surface area contributed by atoms with E-state index in [2.05, 4.69) is 46.4 Å². The highest BCUT2D eigenvalue weighted by molar-refractivity contribution is 5.07. The summed E-state index contributed by atoms with van der Waals surface area (Å²) in [5, 5.41) is 0. The predicted octanol–water partition coefficient (Wildman–Crippen LogP) is 4.43. The summed E-state index contributed by atoms with van der Waals surface area (Å²) in [6, 6.07) is 0. The molecule has 0 aromatic rings. The fourth-order valence-corrected chi connectivity index (χ4v) is 4.69. The van der Waals surface area contributed by atoms with E-state index in [-0.39, 0.29) is 5.60 Å². The van der Waals surface area contributed by atoms with E-state index in [4.69, 9.17) is 18.9 Å². The van der Waals surface area contributed by atoms with Crippen molar-refractivity contribution in [2.75, 3.05) is 39.5 Å². The highest BCUT2D eigenvalue weighted by atomic mass is 16.5. The summed E-state index contributed by atoms with van der Waals surface area (Å²) in [5.74, 6) is 0. The first-order valence-electron chi connectivity index (χ1n) is 11.8. The van der Waals surface area contributed by atoms with E-state index in [0.29, 0.717) is 29.3 Å². The van der Waals surface area contributed by atoms with Crippen molar-refractivity contribution in [3.05, 3.63) is 0 Å². The van der Waals surface area contributed by atoms with E-state index in [1.165, 1.54) is 25.9 Å². The first-order chi connectivity index (χ1) is 13.5. The summed E-state index contributed by atoms with van der Waals surface area (Å²) in [6.45, 7) is 19.0. The van der Waals surface area contributed by atoms with Gasteiger partial charge in [0.15, 0.2) is 0 Å². The van der Waals surface area contributed by atoms with Crippen molar-refractivity contribution in [3.8, 4) is 0 Å². The van der Waals surface area contributed by atoms with E-state index < -0.39 is 0 Å². The van der Waals surface area contributed by atoms with Crippen LogP contribution in [0.2, 0.25) is 0 Å². The van der Waals surface area contributed by atoms with Gasteiger partial charge in [-0.05, 0) is 80.1 Å². The largest absolute Gasteiger partial charge is 0.381 e. The predicted molar refractivity (Wildman–Crippen MR) is 116 cm³/mol. The van der Waals surface area contributed by atoms with Crippen LogP contribution < -0.4 is 0 Å². The van der Waals surface area contributed by atoms with Gasteiger partial charge < -0.3 is 18.9 Å². The Morgan fingerprint density at radius 1 is 0.759 bits per heavy atom. The number of nitrogens with zero attached hydrogens (tertiary/aromatic N) is 1. The van der Waals surface area contributed by atoms with Gasteiger partial charge in [0.05, 0.1) is 23.9 Å². The molecule has 3 fully saturated rings. The van der Waals surface area contributed by atoms with Gasteiger partial charge in [0.2, 0.25) is 0 Å². The normalized spacial score (nSPS) is 27.5. The van der Waals surface area contributed by atoms with Crippen molar-refractivity contribution in [2.45, 2.75) is 110 Å². The summed E-state index contributed by atoms with van der Waals surface area (Å²) >= 11 is 0. The first-order valence-corrected chi connectivity index (χ1v) is 11.8. The van der Waals surface area contributed by atoms with Gasteiger partial charge >= 0.3 is 0 Å². The Labute approximate surface area is 178 Å². The molecule has 0 N–H and O–H groups in total. The maximum atomic E-state index is 6.02. The molecule has 0 bridgehead atoms. The van der Waals surface area contributed by atoms with E-state index in [0.717, 1.165) is 52.1 Å². The third kappa shape index (κ3) is 7.17. The van der Waals surface area contributed by atoms with Gasteiger partial charge in [-0.25, -0.2) is 0 Å². The van der Waals surface area contributed by atoms with Gasteiger partial charge in [0.25, 0.3) is 0 Å². The molecule has 0 atom stereocenters. The van der Waals surface area contributed by atoms with Crippen molar-refractivity contribution < 1.29 is 18.9 Å². The molecule has 0 aromatic heterocycles. The number of ether oxygens (including phenoxy) is 4. The van der Waals surface area contributed by atoms with Crippen LogP contribution in [-0.2, 0) is 18.9 Å². The zero-order chi connectivity index (χ0) is 21.1. The first kappa shape index (κ1) is 23.5. The second-order valence-electron chi connectivity index (χ2n) is 11.6. The topological polar surface area (TPSA) is 40.2 Å². The van der Waals surface area contributed by atoms with Crippen molar-refractivity contribution in [1.82, 2.24) is 4.90 Å². The molecule has 0 aromatic carbocycles. The minimum absolute atomic E-state index is 0.0437. The van der Waals surface area contributed by atoms with Crippen LogP contribution in [0.25, 0.3) is 0 Å². The van der Waals surface area contributed by atoms with E-state index >= 15 is 0 Å². The van der Waals surface area contributed by atoms with Crippen LogP contribution in [-0.4, -0.2) is 73.9 Å². The standard InChI is InChI=1S/C24H45NO4/c1-22(2,3)25-17-24(18-25)15-21(16-24)28-12-8-10-26-9-7-11-27-19-13-20(14-19)29-23(4,5)6/h19-21H,7-18H2,1-6H3. The molecule has 0 amide bonds. The van der Waals surface area contributed by atoms with E-state index in [1.54, 1.807) is 0 Å². The summed E-state index contributed by atoms with van der Waals surface area (Å²) in [7, 11) is 0. The lowest BCUT2D eigenvalue weighted by Crippen LogP contribution is -2.68. The fourth-order valence-electron chi connectivity index (χ4n) is 4.69. The monoisotopic (exact) mass is 411 g/mol. The molecule has 0 radical (unpaired) electrons. The van der Waals surface area contributed by atoms with Gasteiger partial charge in [-0.1, -0.05) is 0 Å². The van der Waals surface area contributed by atoms with Crippen LogP contribution in [0.3, 0.4) is 0 Å². The quantitative estimate of drug-likeness (QED) is 0.471. The highest BCUT2D eigenvalue weighted by Gasteiger charge is 2.54. The van der Waals surface area contributed by atoms with Gasteiger partial charge in [-0.3, -0.25) is 4.90 Å². The van der Waals surface area contributed by atoms with Gasteiger partial charge in [0.1, 0.15) is 0 Å². The minimum Gasteiger partial charge on any atom is -0.381 e. The summed E-state index contributed by atoms with van der Waals surface area (Å²) in [5.41, 5.74) is 0.853. The van der Waals surface area contributed by atoms with Crippen LogP contribution in [0, 0.1) is 5.41 Å². The lowest BCUT2D eigenvalue weighted by molar-refractivity contribution is -0.172.